The SMILES string of the molecule is CCNc1cccnc1N1CCN(C(=O)c2c[nH]c3ccccc23)CC1. The van der Waals surface area contributed by atoms with Gasteiger partial charge in [0, 0.05) is 56.0 Å². The molecule has 1 aliphatic rings. The van der Waals surface area contributed by atoms with Crippen LogP contribution in [0.15, 0.2) is 48.8 Å². The van der Waals surface area contributed by atoms with E-state index in [-0.39, 0.29) is 5.91 Å². The molecule has 1 aliphatic heterocycles. The first-order valence-electron chi connectivity index (χ1n) is 9.07. The van der Waals surface area contributed by atoms with Crippen molar-refractivity contribution in [2.75, 3.05) is 42.9 Å². The first kappa shape index (κ1) is 16.4. The molecule has 0 spiro atoms. The number of aromatic nitrogens is 2. The normalized spacial score (nSPS) is 14.7. The highest BCUT2D eigenvalue weighted by Gasteiger charge is 2.25. The standard InChI is InChI=1S/C20H23N5O/c1-2-21-18-8-5-9-22-19(18)24-10-12-25(13-11-24)20(26)16-14-23-17-7-4-3-6-15(16)17/h3-9,14,21,23H,2,10-13H2,1H3. The Morgan fingerprint density at radius 3 is 2.77 bits per heavy atom. The number of hydrogen-bond acceptors (Lipinski definition) is 4. The van der Waals surface area contributed by atoms with E-state index in [2.05, 4.69) is 33.2 Å². The number of pyridine rings is 1. The van der Waals surface area contributed by atoms with Gasteiger partial charge in [-0.25, -0.2) is 4.98 Å². The first-order valence-corrected chi connectivity index (χ1v) is 9.07. The molecule has 26 heavy (non-hydrogen) atoms. The molecule has 1 amide bonds. The molecule has 1 fully saturated rings. The number of hydrogen-bond donors (Lipinski definition) is 2. The van der Waals surface area contributed by atoms with Gasteiger partial charge in [0.2, 0.25) is 0 Å². The molecule has 2 aromatic heterocycles. The van der Waals surface area contributed by atoms with Crippen LogP contribution in [0, 0.1) is 0 Å². The maximum absolute atomic E-state index is 12.9. The van der Waals surface area contributed by atoms with Gasteiger partial charge in [-0.05, 0) is 25.1 Å². The second-order valence-corrected chi connectivity index (χ2v) is 6.43. The fourth-order valence-corrected chi connectivity index (χ4v) is 3.52. The van der Waals surface area contributed by atoms with Crippen LogP contribution in [0.1, 0.15) is 17.3 Å². The Morgan fingerprint density at radius 1 is 1.15 bits per heavy atom. The molecule has 0 radical (unpaired) electrons. The third-order valence-electron chi connectivity index (χ3n) is 4.84. The zero-order chi connectivity index (χ0) is 17.9. The zero-order valence-corrected chi connectivity index (χ0v) is 14.9. The van der Waals surface area contributed by atoms with Gasteiger partial charge in [-0.1, -0.05) is 18.2 Å². The third-order valence-corrected chi connectivity index (χ3v) is 4.84. The van der Waals surface area contributed by atoms with E-state index in [0.29, 0.717) is 13.1 Å². The van der Waals surface area contributed by atoms with E-state index >= 15 is 0 Å². The summed E-state index contributed by atoms with van der Waals surface area (Å²) >= 11 is 0. The predicted molar refractivity (Wildman–Crippen MR) is 105 cm³/mol. The van der Waals surface area contributed by atoms with Crippen LogP contribution in [0.3, 0.4) is 0 Å². The molecule has 0 bridgehead atoms. The van der Waals surface area contributed by atoms with Crippen molar-refractivity contribution in [3.63, 3.8) is 0 Å². The fraction of sp³-hybridized carbons (Fsp3) is 0.300. The molecule has 0 saturated carbocycles. The number of para-hydroxylation sites is 1. The van der Waals surface area contributed by atoms with Gasteiger partial charge in [0.25, 0.3) is 5.91 Å². The summed E-state index contributed by atoms with van der Waals surface area (Å²) in [6, 6.07) is 11.9. The summed E-state index contributed by atoms with van der Waals surface area (Å²) in [4.78, 5) is 24.9. The van der Waals surface area contributed by atoms with Crippen molar-refractivity contribution in [3.05, 3.63) is 54.4 Å². The van der Waals surface area contributed by atoms with Crippen molar-refractivity contribution in [1.82, 2.24) is 14.9 Å². The quantitative estimate of drug-likeness (QED) is 0.760. The number of nitrogens with zero attached hydrogens (tertiary/aromatic N) is 3. The number of fused-ring (bicyclic) bond motifs is 1. The lowest BCUT2D eigenvalue weighted by molar-refractivity contribution is 0.0748. The number of H-pyrrole nitrogens is 1. The number of rotatable bonds is 4. The van der Waals surface area contributed by atoms with Crippen LogP contribution in [0.2, 0.25) is 0 Å². The Bertz CT molecular complexity index is 911. The van der Waals surface area contributed by atoms with Crippen molar-refractivity contribution in [1.29, 1.82) is 0 Å². The smallest absolute Gasteiger partial charge is 0.256 e. The lowest BCUT2D eigenvalue weighted by Gasteiger charge is -2.36. The maximum Gasteiger partial charge on any atom is 0.256 e. The zero-order valence-electron chi connectivity index (χ0n) is 14.9. The summed E-state index contributed by atoms with van der Waals surface area (Å²) in [5, 5.41) is 4.35. The van der Waals surface area contributed by atoms with Gasteiger partial charge < -0.3 is 20.1 Å². The van der Waals surface area contributed by atoms with Crippen molar-refractivity contribution < 1.29 is 4.79 Å². The Balaban J connectivity index is 1.48. The first-order chi connectivity index (χ1) is 12.8. The van der Waals surface area contributed by atoms with Crippen LogP contribution in [0.5, 0.6) is 0 Å². The summed E-state index contributed by atoms with van der Waals surface area (Å²) in [5.41, 5.74) is 2.80. The highest BCUT2D eigenvalue weighted by molar-refractivity contribution is 6.06. The van der Waals surface area contributed by atoms with E-state index in [0.717, 1.165) is 47.6 Å². The van der Waals surface area contributed by atoms with Gasteiger partial charge in [0.05, 0.1) is 11.3 Å². The summed E-state index contributed by atoms with van der Waals surface area (Å²) in [6.07, 6.45) is 3.64. The van der Waals surface area contributed by atoms with Crippen LogP contribution in [-0.4, -0.2) is 53.5 Å². The van der Waals surface area contributed by atoms with E-state index in [4.69, 9.17) is 0 Å². The van der Waals surface area contributed by atoms with E-state index in [1.807, 2.05) is 47.6 Å². The molecular weight excluding hydrogens is 326 g/mol. The minimum absolute atomic E-state index is 0.0926. The Morgan fingerprint density at radius 2 is 1.96 bits per heavy atom. The molecular formula is C20H23N5O. The molecule has 1 aromatic carbocycles. The number of benzene rings is 1. The molecule has 6 heteroatoms. The van der Waals surface area contributed by atoms with Crippen LogP contribution in [0.25, 0.3) is 10.9 Å². The number of anilines is 2. The highest BCUT2D eigenvalue weighted by atomic mass is 16.2. The van der Waals surface area contributed by atoms with E-state index in [1.54, 1.807) is 0 Å². The topological polar surface area (TPSA) is 64.3 Å². The minimum atomic E-state index is 0.0926. The minimum Gasteiger partial charge on any atom is -0.382 e. The number of nitrogens with one attached hydrogen (secondary N) is 2. The molecule has 6 nitrogen and oxygen atoms in total. The predicted octanol–water partition coefficient (Wildman–Crippen LogP) is 2.96. The molecule has 2 N–H and O–H groups in total. The number of carbonyl (C=O) groups is 1. The third kappa shape index (κ3) is 2.98. The van der Waals surface area contributed by atoms with Crippen molar-refractivity contribution in [3.8, 4) is 0 Å². The maximum atomic E-state index is 12.9. The van der Waals surface area contributed by atoms with Crippen LogP contribution >= 0.6 is 0 Å². The lowest BCUT2D eigenvalue weighted by atomic mass is 10.1. The Kier molecular flexibility index (Phi) is 4.48. The monoisotopic (exact) mass is 349 g/mol. The summed E-state index contributed by atoms with van der Waals surface area (Å²) in [7, 11) is 0. The second kappa shape index (κ2) is 7.07. The number of carbonyl (C=O) groups excluding carboxylic acids is 1. The van der Waals surface area contributed by atoms with Crippen LogP contribution in [0.4, 0.5) is 11.5 Å². The summed E-state index contributed by atoms with van der Waals surface area (Å²) in [6.45, 7) is 5.89. The average Bonchev–Trinajstić information content (AvgIpc) is 3.12. The molecule has 3 heterocycles. The fourth-order valence-electron chi connectivity index (χ4n) is 3.52. The molecule has 1 saturated heterocycles. The van der Waals surface area contributed by atoms with Gasteiger partial charge >= 0.3 is 0 Å². The summed E-state index contributed by atoms with van der Waals surface area (Å²) in [5.74, 6) is 1.06. The summed E-state index contributed by atoms with van der Waals surface area (Å²) < 4.78 is 0. The molecule has 0 unspecified atom stereocenters. The van der Waals surface area contributed by atoms with Gasteiger partial charge in [0.15, 0.2) is 5.82 Å². The Hall–Kier alpha value is -3.02. The Labute approximate surface area is 152 Å². The number of aromatic amines is 1. The van der Waals surface area contributed by atoms with Crippen LogP contribution in [-0.2, 0) is 0 Å². The average molecular weight is 349 g/mol. The van der Waals surface area contributed by atoms with E-state index < -0.39 is 0 Å². The van der Waals surface area contributed by atoms with Gasteiger partial charge in [-0.3, -0.25) is 4.79 Å². The van der Waals surface area contributed by atoms with E-state index in [9.17, 15) is 4.79 Å². The van der Waals surface area contributed by atoms with Gasteiger partial charge in [0.1, 0.15) is 0 Å². The molecule has 0 aliphatic carbocycles. The molecule has 0 atom stereocenters. The van der Waals surface area contributed by atoms with Gasteiger partial charge in [-0.2, -0.15) is 0 Å². The lowest BCUT2D eigenvalue weighted by Crippen LogP contribution is -2.49. The highest BCUT2D eigenvalue weighted by Crippen LogP contribution is 2.25. The van der Waals surface area contributed by atoms with Crippen molar-refractivity contribution >= 4 is 28.3 Å². The van der Waals surface area contributed by atoms with Crippen LogP contribution < -0.4 is 10.2 Å². The number of piperazine rings is 1. The molecule has 4 rings (SSSR count). The van der Waals surface area contributed by atoms with Gasteiger partial charge in [-0.15, -0.1) is 0 Å². The van der Waals surface area contributed by atoms with Crippen molar-refractivity contribution in [2.45, 2.75) is 6.92 Å². The number of amides is 1. The molecule has 134 valence electrons. The van der Waals surface area contributed by atoms with Crippen molar-refractivity contribution in [2.24, 2.45) is 0 Å². The molecule has 3 aromatic rings. The second-order valence-electron chi connectivity index (χ2n) is 6.43. The van der Waals surface area contributed by atoms with E-state index in [1.165, 1.54) is 0 Å². The largest absolute Gasteiger partial charge is 0.382 e.